The van der Waals surface area contributed by atoms with E-state index in [0.29, 0.717) is 11.0 Å². The van der Waals surface area contributed by atoms with Crippen LogP contribution in [0.3, 0.4) is 0 Å². The molecule has 0 bridgehead atoms. The largest absolute Gasteiger partial charge is 0.492 e. The average Bonchev–Trinajstić information content (AvgIpc) is 2.67. The van der Waals surface area contributed by atoms with E-state index in [1.807, 2.05) is 33.8 Å². The number of hydrogen-bond donors (Lipinski definition) is 1. The van der Waals surface area contributed by atoms with E-state index in [1.54, 1.807) is 12.1 Å². The maximum atomic E-state index is 13.4. The van der Waals surface area contributed by atoms with Gasteiger partial charge in [-0.3, -0.25) is 4.79 Å². The van der Waals surface area contributed by atoms with Gasteiger partial charge in [0, 0.05) is 13.5 Å². The lowest BCUT2D eigenvalue weighted by molar-refractivity contribution is -0.118. The van der Waals surface area contributed by atoms with Crippen molar-refractivity contribution < 1.29 is 18.5 Å². The second-order valence-electron chi connectivity index (χ2n) is 6.89. The zero-order valence-corrected chi connectivity index (χ0v) is 16.2. The molecule has 0 radical (unpaired) electrons. The van der Waals surface area contributed by atoms with E-state index < -0.39 is 18.3 Å². The highest BCUT2D eigenvalue weighted by molar-refractivity contribution is 9.10. The predicted octanol–water partition coefficient (Wildman–Crippen LogP) is 3.74. The van der Waals surface area contributed by atoms with Gasteiger partial charge in [-0.15, -0.1) is 0 Å². The summed E-state index contributed by atoms with van der Waals surface area (Å²) in [5.74, 6) is -0.469. The zero-order valence-electron chi connectivity index (χ0n) is 14.6. The number of amides is 1. The van der Waals surface area contributed by atoms with Crippen LogP contribution >= 0.6 is 15.9 Å². The van der Waals surface area contributed by atoms with Crippen LogP contribution in [0.2, 0.25) is 0 Å². The van der Waals surface area contributed by atoms with Gasteiger partial charge in [0.05, 0.1) is 15.7 Å². The van der Waals surface area contributed by atoms with Crippen molar-refractivity contribution in [2.45, 2.75) is 45.8 Å². The molecule has 4 nitrogen and oxygen atoms in total. The number of rotatable bonds is 4. The Labute approximate surface area is 151 Å². The molecule has 130 valence electrons. The standard InChI is InChI=1S/C17H22BBrFNO3/c1-11(22)21-10-13(8-12-6-7-15(20)14(19)9-12)18-23-16(2,3)17(4,5)24-18/h6-9H,10H2,1-5H3,(H,21,22). The van der Waals surface area contributed by atoms with E-state index in [-0.39, 0.29) is 11.7 Å². The van der Waals surface area contributed by atoms with Gasteiger partial charge in [-0.2, -0.15) is 0 Å². The maximum absolute atomic E-state index is 13.4. The van der Waals surface area contributed by atoms with Crippen molar-refractivity contribution in [2.24, 2.45) is 0 Å². The first-order valence-corrected chi connectivity index (χ1v) is 8.57. The molecular weight excluding hydrogens is 376 g/mol. The molecule has 0 aromatic heterocycles. The summed E-state index contributed by atoms with van der Waals surface area (Å²) >= 11 is 3.18. The van der Waals surface area contributed by atoms with Gasteiger partial charge in [0.25, 0.3) is 0 Å². The number of carbonyl (C=O) groups is 1. The first-order chi connectivity index (χ1) is 11.0. The number of nitrogens with one attached hydrogen (secondary N) is 1. The zero-order chi connectivity index (χ0) is 18.1. The van der Waals surface area contributed by atoms with Gasteiger partial charge in [-0.05, 0) is 66.8 Å². The lowest BCUT2D eigenvalue weighted by Gasteiger charge is -2.32. The molecule has 1 aromatic rings. The van der Waals surface area contributed by atoms with Gasteiger partial charge < -0.3 is 14.6 Å². The number of hydrogen-bond acceptors (Lipinski definition) is 3. The molecule has 1 saturated heterocycles. The third kappa shape index (κ3) is 4.26. The molecule has 0 spiro atoms. The smallest absolute Gasteiger partial charge is 0.400 e. The molecule has 0 saturated carbocycles. The van der Waals surface area contributed by atoms with Crippen molar-refractivity contribution in [3.63, 3.8) is 0 Å². The molecular formula is C17H22BBrFNO3. The molecule has 0 atom stereocenters. The monoisotopic (exact) mass is 397 g/mol. The topological polar surface area (TPSA) is 47.6 Å². The number of halogens is 2. The molecule has 0 aliphatic carbocycles. The Bertz CT molecular complexity index is 660. The summed E-state index contributed by atoms with van der Waals surface area (Å²) in [5, 5.41) is 2.77. The number of benzene rings is 1. The van der Waals surface area contributed by atoms with E-state index in [1.165, 1.54) is 13.0 Å². The van der Waals surface area contributed by atoms with Crippen molar-refractivity contribution in [3.8, 4) is 0 Å². The van der Waals surface area contributed by atoms with Crippen LogP contribution in [-0.4, -0.2) is 30.8 Å². The molecule has 0 unspecified atom stereocenters. The summed E-state index contributed by atoms with van der Waals surface area (Å²) in [6.07, 6.45) is 1.85. The van der Waals surface area contributed by atoms with Crippen LogP contribution in [0.4, 0.5) is 4.39 Å². The van der Waals surface area contributed by atoms with Gasteiger partial charge in [0.1, 0.15) is 5.82 Å². The lowest BCUT2D eigenvalue weighted by atomic mass is 9.77. The third-order valence-electron chi connectivity index (χ3n) is 4.39. The van der Waals surface area contributed by atoms with Gasteiger partial charge in [-0.1, -0.05) is 12.1 Å². The molecule has 1 aromatic carbocycles. The highest BCUT2D eigenvalue weighted by Gasteiger charge is 2.52. The summed E-state index contributed by atoms with van der Waals surface area (Å²) < 4.78 is 25.9. The van der Waals surface area contributed by atoms with Gasteiger partial charge in [0.2, 0.25) is 5.91 Å². The molecule has 1 fully saturated rings. The highest BCUT2D eigenvalue weighted by atomic mass is 79.9. The Morgan fingerprint density at radius 1 is 1.29 bits per heavy atom. The van der Waals surface area contributed by atoms with Crippen LogP contribution in [0.1, 0.15) is 40.2 Å². The maximum Gasteiger partial charge on any atom is 0.492 e. The van der Waals surface area contributed by atoms with Crippen LogP contribution in [-0.2, 0) is 14.1 Å². The van der Waals surface area contributed by atoms with Crippen molar-refractivity contribution in [2.75, 3.05) is 6.54 Å². The second kappa shape index (κ2) is 6.98. The lowest BCUT2D eigenvalue weighted by Crippen LogP contribution is -2.41. The van der Waals surface area contributed by atoms with Crippen molar-refractivity contribution >= 4 is 35.0 Å². The van der Waals surface area contributed by atoms with E-state index in [0.717, 1.165) is 11.0 Å². The molecule has 1 N–H and O–H groups in total. The Morgan fingerprint density at radius 2 is 1.88 bits per heavy atom. The van der Waals surface area contributed by atoms with E-state index in [4.69, 9.17) is 9.31 Å². The molecule has 1 amide bonds. The molecule has 7 heteroatoms. The molecule has 2 rings (SSSR count). The first kappa shape index (κ1) is 19.2. The highest BCUT2D eigenvalue weighted by Crippen LogP contribution is 2.38. The summed E-state index contributed by atoms with van der Waals surface area (Å²) in [4.78, 5) is 11.3. The van der Waals surface area contributed by atoms with Gasteiger partial charge in [-0.25, -0.2) is 4.39 Å². The fraction of sp³-hybridized carbons (Fsp3) is 0.471. The SMILES string of the molecule is CC(=O)NCC(=Cc1ccc(F)c(Br)c1)B1OC(C)(C)C(C)(C)O1. The summed E-state index contributed by atoms with van der Waals surface area (Å²) in [6, 6.07) is 4.73. The second-order valence-corrected chi connectivity index (χ2v) is 7.75. The van der Waals surface area contributed by atoms with Crippen LogP contribution in [0.15, 0.2) is 28.1 Å². The van der Waals surface area contributed by atoms with Crippen LogP contribution < -0.4 is 5.32 Å². The van der Waals surface area contributed by atoms with Crippen LogP contribution in [0, 0.1) is 5.82 Å². The van der Waals surface area contributed by atoms with Gasteiger partial charge in [0.15, 0.2) is 0 Å². The Kier molecular flexibility index (Phi) is 5.57. The normalized spacial score (nSPS) is 19.5. The summed E-state index contributed by atoms with van der Waals surface area (Å²) in [7, 11) is -0.578. The Hall–Kier alpha value is -1.18. The minimum Gasteiger partial charge on any atom is -0.400 e. The fourth-order valence-corrected chi connectivity index (χ4v) is 2.64. The van der Waals surface area contributed by atoms with E-state index in [2.05, 4.69) is 21.2 Å². The summed E-state index contributed by atoms with van der Waals surface area (Å²) in [5.41, 5.74) is 0.605. The molecule has 1 aliphatic heterocycles. The van der Waals surface area contributed by atoms with E-state index >= 15 is 0 Å². The molecule has 1 heterocycles. The number of carbonyl (C=O) groups excluding carboxylic acids is 1. The summed E-state index contributed by atoms with van der Waals surface area (Å²) in [6.45, 7) is 9.63. The first-order valence-electron chi connectivity index (χ1n) is 7.77. The fourth-order valence-electron chi connectivity index (χ4n) is 2.24. The van der Waals surface area contributed by atoms with Gasteiger partial charge >= 0.3 is 7.12 Å². The minimum absolute atomic E-state index is 0.141. The quantitative estimate of drug-likeness (QED) is 0.787. The third-order valence-corrected chi connectivity index (χ3v) is 5.00. The minimum atomic E-state index is -0.578. The molecule has 24 heavy (non-hydrogen) atoms. The van der Waals surface area contributed by atoms with Crippen molar-refractivity contribution in [3.05, 3.63) is 39.5 Å². The van der Waals surface area contributed by atoms with E-state index in [9.17, 15) is 9.18 Å². The Morgan fingerprint density at radius 3 is 2.38 bits per heavy atom. The average molecular weight is 398 g/mol. The Balaban J connectivity index is 2.33. The van der Waals surface area contributed by atoms with Crippen LogP contribution in [0.5, 0.6) is 0 Å². The molecule has 1 aliphatic rings. The van der Waals surface area contributed by atoms with Crippen LogP contribution in [0.25, 0.3) is 6.08 Å². The van der Waals surface area contributed by atoms with Crippen molar-refractivity contribution in [1.82, 2.24) is 5.32 Å². The van der Waals surface area contributed by atoms with Crippen molar-refractivity contribution in [1.29, 1.82) is 0 Å². The predicted molar refractivity (Wildman–Crippen MR) is 96.8 cm³/mol.